The summed E-state index contributed by atoms with van der Waals surface area (Å²) in [5.41, 5.74) is 4.22. The summed E-state index contributed by atoms with van der Waals surface area (Å²) in [5, 5.41) is 15.8. The summed E-state index contributed by atoms with van der Waals surface area (Å²) in [4.78, 5) is 2.75. The fraction of sp³-hybridized carbons (Fsp3) is 0.105. The van der Waals surface area contributed by atoms with Crippen LogP contribution in [0.4, 0.5) is 11.4 Å². The van der Waals surface area contributed by atoms with Gasteiger partial charge in [-0.25, -0.2) is 0 Å². The Kier molecular flexibility index (Phi) is 5.33. The molecule has 2 aromatic carbocycles. The average Bonchev–Trinajstić information content (AvgIpc) is 3.03. The molecule has 128 valence electrons. The number of benzene rings is 2. The number of para-hydroxylation sites is 1. The van der Waals surface area contributed by atoms with Gasteiger partial charge in [0.25, 0.3) is 0 Å². The van der Waals surface area contributed by atoms with Gasteiger partial charge in [-0.3, -0.25) is 0 Å². The average molecular weight is 391 g/mol. The van der Waals surface area contributed by atoms with E-state index >= 15 is 0 Å². The highest BCUT2D eigenvalue weighted by Crippen LogP contribution is 2.33. The Morgan fingerprint density at radius 1 is 1.08 bits per heavy atom. The monoisotopic (exact) mass is 390 g/mol. The normalized spacial score (nSPS) is 11.6. The minimum atomic E-state index is 0.370. The smallest absolute Gasteiger partial charge is 0.130 e. The first kappa shape index (κ1) is 17.8. The van der Waals surface area contributed by atoms with E-state index in [-0.39, 0.29) is 0 Å². The van der Waals surface area contributed by atoms with Crippen molar-refractivity contribution in [2.45, 2.75) is 6.92 Å². The molecule has 0 radical (unpaired) electrons. The van der Waals surface area contributed by atoms with Gasteiger partial charge in [-0.1, -0.05) is 46.6 Å². The first-order valence-electron chi connectivity index (χ1n) is 7.57. The third-order valence-electron chi connectivity index (χ3n) is 4.00. The van der Waals surface area contributed by atoms with Gasteiger partial charge in [0.1, 0.15) is 5.71 Å². The van der Waals surface area contributed by atoms with Crippen molar-refractivity contribution in [1.82, 2.24) is 0 Å². The molecule has 0 atom stereocenters. The van der Waals surface area contributed by atoms with E-state index in [0.717, 1.165) is 11.4 Å². The maximum atomic E-state index is 9.46. The van der Waals surface area contributed by atoms with Gasteiger partial charge in [-0.15, -0.1) is 11.3 Å². The van der Waals surface area contributed by atoms with Gasteiger partial charge in [0, 0.05) is 24.0 Å². The Bertz CT molecular complexity index is 937. The number of oxime groups is 1. The molecule has 3 aromatic rings. The minimum Gasteiger partial charge on any atom is -0.410 e. The summed E-state index contributed by atoms with van der Waals surface area (Å²) in [6, 6.07) is 15.6. The molecule has 6 heteroatoms. The lowest BCUT2D eigenvalue weighted by molar-refractivity contribution is 0.320. The second kappa shape index (κ2) is 7.48. The van der Waals surface area contributed by atoms with Crippen LogP contribution in [-0.4, -0.2) is 18.0 Å². The zero-order valence-corrected chi connectivity index (χ0v) is 16.0. The van der Waals surface area contributed by atoms with Crippen LogP contribution in [-0.2, 0) is 0 Å². The molecule has 0 bridgehead atoms. The molecule has 3 nitrogen and oxygen atoms in total. The fourth-order valence-electron chi connectivity index (χ4n) is 2.67. The molecule has 0 spiro atoms. The molecule has 25 heavy (non-hydrogen) atoms. The predicted octanol–water partition coefficient (Wildman–Crippen LogP) is 6.36. The molecular weight excluding hydrogens is 375 g/mol. The Morgan fingerprint density at radius 3 is 2.44 bits per heavy atom. The maximum Gasteiger partial charge on any atom is 0.130 e. The number of aryl methyl sites for hydroxylation is 1. The first-order chi connectivity index (χ1) is 12.0. The molecular formula is C19H16Cl2N2OS. The summed E-state index contributed by atoms with van der Waals surface area (Å²) in [6.07, 6.45) is 0. The lowest BCUT2D eigenvalue weighted by atomic mass is 10.1. The van der Waals surface area contributed by atoms with E-state index in [1.807, 2.05) is 42.8 Å². The second-order valence-electron chi connectivity index (χ2n) is 5.56. The van der Waals surface area contributed by atoms with Gasteiger partial charge >= 0.3 is 0 Å². The van der Waals surface area contributed by atoms with Crippen molar-refractivity contribution in [2.24, 2.45) is 5.16 Å². The number of thiophene rings is 1. The molecule has 1 N–H and O–H groups in total. The van der Waals surface area contributed by atoms with E-state index in [2.05, 4.69) is 29.1 Å². The topological polar surface area (TPSA) is 35.8 Å². The molecule has 0 aliphatic carbocycles. The van der Waals surface area contributed by atoms with E-state index in [9.17, 15) is 5.21 Å². The van der Waals surface area contributed by atoms with E-state index in [1.165, 1.54) is 16.9 Å². The van der Waals surface area contributed by atoms with E-state index in [0.29, 0.717) is 26.2 Å². The number of halogens is 2. The number of hydrogen-bond acceptors (Lipinski definition) is 4. The Hall–Kier alpha value is -2.01. The van der Waals surface area contributed by atoms with Crippen LogP contribution in [0.15, 0.2) is 59.1 Å². The molecule has 0 saturated carbocycles. The zero-order valence-electron chi connectivity index (χ0n) is 13.7. The summed E-state index contributed by atoms with van der Waals surface area (Å²) in [5.74, 6) is 0. The lowest BCUT2D eigenvalue weighted by Crippen LogP contribution is -2.11. The van der Waals surface area contributed by atoms with Gasteiger partial charge in [0.15, 0.2) is 0 Å². The van der Waals surface area contributed by atoms with E-state index in [4.69, 9.17) is 23.2 Å². The van der Waals surface area contributed by atoms with Crippen molar-refractivity contribution in [2.75, 3.05) is 11.9 Å². The Morgan fingerprint density at radius 2 is 1.84 bits per heavy atom. The molecule has 3 rings (SSSR count). The van der Waals surface area contributed by atoms with Crippen molar-refractivity contribution in [3.63, 3.8) is 0 Å². The largest absolute Gasteiger partial charge is 0.410 e. The highest BCUT2D eigenvalue weighted by molar-refractivity contribution is 7.13. The quantitative estimate of drug-likeness (QED) is 0.319. The van der Waals surface area contributed by atoms with Crippen LogP contribution in [0.25, 0.3) is 0 Å². The summed E-state index contributed by atoms with van der Waals surface area (Å²) < 4.78 is 0. The maximum absolute atomic E-state index is 9.46. The summed E-state index contributed by atoms with van der Waals surface area (Å²) in [6.45, 7) is 2.07. The van der Waals surface area contributed by atoms with Gasteiger partial charge in [-0.2, -0.15) is 0 Å². The number of nitrogens with zero attached hydrogens (tertiary/aromatic N) is 2. The van der Waals surface area contributed by atoms with Crippen molar-refractivity contribution in [3.8, 4) is 0 Å². The first-order valence-corrected chi connectivity index (χ1v) is 9.21. The van der Waals surface area contributed by atoms with Gasteiger partial charge in [0.2, 0.25) is 0 Å². The lowest BCUT2D eigenvalue weighted by Gasteiger charge is -2.22. The SMILES string of the molecule is Cc1ccccc1N(C)c1ccc(/C(=N\O)c2sccc2Cl)c(Cl)c1. The van der Waals surface area contributed by atoms with E-state index in [1.54, 1.807) is 6.07 Å². The van der Waals surface area contributed by atoms with Crippen LogP contribution in [0, 0.1) is 6.92 Å². The van der Waals surface area contributed by atoms with Gasteiger partial charge < -0.3 is 10.1 Å². The number of rotatable bonds is 4. The van der Waals surface area contributed by atoms with Crippen molar-refractivity contribution < 1.29 is 5.21 Å². The molecule has 0 fully saturated rings. The second-order valence-corrected chi connectivity index (χ2v) is 7.29. The fourth-order valence-corrected chi connectivity index (χ4v) is 4.08. The standard InChI is InChI=1S/C19H16Cl2N2OS/c1-12-5-3-4-6-17(12)23(2)13-7-8-14(16(21)11-13)18(22-24)19-15(20)9-10-25-19/h3-11,24H,1-2H3/b22-18+. The molecule has 1 aromatic heterocycles. The van der Waals surface area contributed by atoms with Crippen LogP contribution in [0.1, 0.15) is 16.0 Å². The van der Waals surface area contributed by atoms with Crippen molar-refractivity contribution in [3.05, 3.63) is 80.0 Å². The Balaban J connectivity index is 1.99. The number of anilines is 2. The molecule has 0 unspecified atom stereocenters. The van der Waals surface area contributed by atoms with Crippen LogP contribution >= 0.6 is 34.5 Å². The van der Waals surface area contributed by atoms with Gasteiger partial charge in [-0.05, 0) is 48.2 Å². The summed E-state index contributed by atoms with van der Waals surface area (Å²) >= 11 is 14.1. The predicted molar refractivity (Wildman–Crippen MR) is 107 cm³/mol. The van der Waals surface area contributed by atoms with E-state index < -0.39 is 0 Å². The van der Waals surface area contributed by atoms with Crippen molar-refractivity contribution in [1.29, 1.82) is 0 Å². The van der Waals surface area contributed by atoms with Gasteiger partial charge in [0.05, 0.1) is 14.9 Å². The summed E-state index contributed by atoms with van der Waals surface area (Å²) in [7, 11) is 1.99. The molecule has 0 amide bonds. The third kappa shape index (κ3) is 3.52. The highest BCUT2D eigenvalue weighted by Gasteiger charge is 2.17. The third-order valence-corrected chi connectivity index (χ3v) is 5.67. The molecule has 1 heterocycles. The Labute approximate surface area is 160 Å². The zero-order chi connectivity index (χ0) is 18.0. The van der Waals surface area contributed by atoms with Crippen LogP contribution in [0.2, 0.25) is 10.0 Å². The highest BCUT2D eigenvalue weighted by atomic mass is 35.5. The molecule has 0 saturated heterocycles. The van der Waals surface area contributed by atoms with Crippen LogP contribution in [0.3, 0.4) is 0 Å². The molecule has 0 aliphatic heterocycles. The van der Waals surface area contributed by atoms with Crippen molar-refractivity contribution >= 4 is 51.6 Å². The minimum absolute atomic E-state index is 0.370. The number of hydrogen-bond donors (Lipinski definition) is 1. The molecule has 0 aliphatic rings. The van der Waals surface area contributed by atoms with Crippen LogP contribution < -0.4 is 4.90 Å². The van der Waals surface area contributed by atoms with Crippen LogP contribution in [0.5, 0.6) is 0 Å².